The summed E-state index contributed by atoms with van der Waals surface area (Å²) in [6.07, 6.45) is 3.23. The average Bonchev–Trinajstić information content (AvgIpc) is 2.84. The third-order valence-corrected chi connectivity index (χ3v) is 7.50. The highest BCUT2D eigenvalue weighted by molar-refractivity contribution is 6.32. The first-order valence-corrected chi connectivity index (χ1v) is 13.0. The van der Waals surface area contributed by atoms with Crippen molar-refractivity contribution in [3.05, 3.63) is 38.8 Å². The number of nitrogens with zero attached hydrogens (tertiary/aromatic N) is 6. The Kier molecular flexibility index (Phi) is 8.54. The van der Waals surface area contributed by atoms with Crippen LogP contribution in [0.15, 0.2) is 12.1 Å². The highest BCUT2D eigenvalue weighted by Crippen LogP contribution is 2.30. The van der Waals surface area contributed by atoms with Crippen LogP contribution in [-0.4, -0.2) is 82.5 Å². The topological polar surface area (TPSA) is 104 Å². The quantitative estimate of drug-likeness (QED) is 0.537. The molecule has 9 nitrogen and oxygen atoms in total. The molecule has 2 aliphatic heterocycles. The van der Waals surface area contributed by atoms with Gasteiger partial charge in [-0.15, -0.1) is 0 Å². The van der Waals surface area contributed by atoms with Gasteiger partial charge < -0.3 is 16.0 Å². The van der Waals surface area contributed by atoms with Crippen molar-refractivity contribution >= 4 is 52.3 Å². The van der Waals surface area contributed by atoms with Crippen LogP contribution in [-0.2, 0) is 6.54 Å². The Morgan fingerprint density at radius 3 is 2.40 bits per heavy atom. The molecule has 190 valence electrons. The van der Waals surface area contributed by atoms with Crippen LogP contribution in [0.25, 0.3) is 0 Å². The largest absolute Gasteiger partial charge is 0.382 e. The van der Waals surface area contributed by atoms with Gasteiger partial charge in [0, 0.05) is 45.3 Å². The molecule has 2 fully saturated rings. The molecule has 4 heterocycles. The molecule has 0 unspecified atom stereocenters. The summed E-state index contributed by atoms with van der Waals surface area (Å²) >= 11 is 18.5. The van der Waals surface area contributed by atoms with Crippen LogP contribution in [0.2, 0.25) is 15.5 Å². The van der Waals surface area contributed by atoms with Gasteiger partial charge in [-0.3, -0.25) is 14.6 Å². The zero-order valence-corrected chi connectivity index (χ0v) is 22.2. The molecule has 2 saturated heterocycles. The van der Waals surface area contributed by atoms with E-state index in [0.29, 0.717) is 28.2 Å². The second-order valence-corrected chi connectivity index (χ2v) is 10.2. The first kappa shape index (κ1) is 26.2. The molecule has 4 rings (SSSR count). The van der Waals surface area contributed by atoms with Crippen molar-refractivity contribution in [1.82, 2.24) is 30.1 Å². The molecular weight excluding hydrogens is 511 g/mol. The zero-order chi connectivity index (χ0) is 25.1. The van der Waals surface area contributed by atoms with Crippen molar-refractivity contribution in [2.24, 2.45) is 0 Å². The molecule has 3 N–H and O–H groups in total. The van der Waals surface area contributed by atoms with Crippen LogP contribution < -0.4 is 16.0 Å². The Labute approximate surface area is 220 Å². The summed E-state index contributed by atoms with van der Waals surface area (Å²) in [6.45, 7) is 7.55. The fraction of sp³-hybridized carbons (Fsp3) is 0.565. The average molecular weight is 542 g/mol. The van der Waals surface area contributed by atoms with Crippen molar-refractivity contribution in [3.8, 4) is 0 Å². The van der Waals surface area contributed by atoms with E-state index in [4.69, 9.17) is 40.5 Å². The standard InChI is InChI=1S/C23H31Cl3N8O/c1-3-15-13-33(22-20(26)30-19(21(27)31-22)23(35)28-2)8-9-34(15)16-4-6-32(7-5-16)12-14-10-17(24)29-18(25)11-14/h10-11,15-16H,3-9,12-13H2,1-2H3,(H2,27,31)(H,28,35)/t15-/m0/s1. The Hall–Kier alpha value is -1.91. The molecule has 0 aromatic carbocycles. The number of pyridine rings is 1. The van der Waals surface area contributed by atoms with Gasteiger partial charge in [0.15, 0.2) is 22.5 Å². The molecular formula is C23H31Cl3N8O. The van der Waals surface area contributed by atoms with Gasteiger partial charge in [-0.05, 0) is 50.0 Å². The second-order valence-electron chi connectivity index (χ2n) is 9.03. The highest BCUT2D eigenvalue weighted by atomic mass is 35.5. The van der Waals surface area contributed by atoms with E-state index in [1.54, 1.807) is 0 Å². The maximum Gasteiger partial charge on any atom is 0.273 e. The van der Waals surface area contributed by atoms with Crippen LogP contribution >= 0.6 is 34.8 Å². The first-order valence-electron chi connectivity index (χ1n) is 11.9. The molecule has 0 spiro atoms. The number of nitrogens with two attached hydrogens (primary N) is 1. The molecule has 1 atom stereocenters. The van der Waals surface area contributed by atoms with Crippen LogP contribution in [0.5, 0.6) is 0 Å². The summed E-state index contributed by atoms with van der Waals surface area (Å²) in [6, 6.07) is 4.67. The maximum absolute atomic E-state index is 12.0. The van der Waals surface area contributed by atoms with Gasteiger partial charge in [0.2, 0.25) is 0 Å². The number of anilines is 2. The zero-order valence-electron chi connectivity index (χ0n) is 20.0. The van der Waals surface area contributed by atoms with E-state index in [2.05, 4.69) is 41.9 Å². The van der Waals surface area contributed by atoms with Crippen molar-refractivity contribution in [3.63, 3.8) is 0 Å². The van der Waals surface area contributed by atoms with Gasteiger partial charge in [-0.2, -0.15) is 0 Å². The number of nitrogens with one attached hydrogen (secondary N) is 1. The van der Waals surface area contributed by atoms with Gasteiger partial charge in [-0.1, -0.05) is 41.7 Å². The van der Waals surface area contributed by atoms with E-state index < -0.39 is 5.91 Å². The third kappa shape index (κ3) is 6.09. The van der Waals surface area contributed by atoms with E-state index in [1.165, 1.54) is 7.05 Å². The Morgan fingerprint density at radius 2 is 1.77 bits per heavy atom. The number of carbonyl (C=O) groups excluding carboxylic acids is 1. The van der Waals surface area contributed by atoms with E-state index in [-0.39, 0.29) is 16.7 Å². The molecule has 2 aliphatic rings. The monoisotopic (exact) mass is 540 g/mol. The summed E-state index contributed by atoms with van der Waals surface area (Å²) in [5.74, 6) is 0.226. The predicted octanol–water partition coefficient (Wildman–Crippen LogP) is 3.34. The first-order chi connectivity index (χ1) is 16.8. The van der Waals surface area contributed by atoms with Gasteiger partial charge in [-0.25, -0.2) is 15.0 Å². The maximum atomic E-state index is 12.0. The minimum atomic E-state index is -0.402. The van der Waals surface area contributed by atoms with Crippen molar-refractivity contribution < 1.29 is 4.79 Å². The van der Waals surface area contributed by atoms with Crippen LogP contribution in [0.1, 0.15) is 42.2 Å². The molecule has 12 heteroatoms. The number of likely N-dealkylation sites (tertiary alicyclic amines) is 1. The molecule has 0 radical (unpaired) electrons. The summed E-state index contributed by atoms with van der Waals surface area (Å²) in [5.41, 5.74) is 7.16. The fourth-order valence-electron chi connectivity index (χ4n) is 5.08. The number of carbonyl (C=O) groups is 1. The number of hydrogen-bond donors (Lipinski definition) is 2. The van der Waals surface area contributed by atoms with Gasteiger partial charge in [0.25, 0.3) is 5.91 Å². The number of piperazine rings is 1. The lowest BCUT2D eigenvalue weighted by Gasteiger charge is -2.47. The number of halogens is 3. The highest BCUT2D eigenvalue weighted by Gasteiger charge is 2.34. The number of piperidine rings is 1. The fourth-order valence-corrected chi connectivity index (χ4v) is 5.84. The molecule has 35 heavy (non-hydrogen) atoms. The summed E-state index contributed by atoms with van der Waals surface area (Å²) < 4.78 is 0. The molecule has 2 aromatic heterocycles. The lowest BCUT2D eigenvalue weighted by molar-refractivity contribution is 0.0610. The van der Waals surface area contributed by atoms with E-state index >= 15 is 0 Å². The minimum absolute atomic E-state index is 0.0509. The minimum Gasteiger partial charge on any atom is -0.382 e. The number of rotatable bonds is 6. The Morgan fingerprint density at radius 1 is 1.09 bits per heavy atom. The normalized spacial score (nSPS) is 20.3. The lowest BCUT2D eigenvalue weighted by Crippen LogP contribution is -2.58. The molecule has 0 saturated carbocycles. The van der Waals surface area contributed by atoms with Gasteiger partial charge in [0.05, 0.1) is 0 Å². The van der Waals surface area contributed by atoms with Crippen molar-refractivity contribution in [1.29, 1.82) is 0 Å². The number of nitrogen functional groups attached to an aromatic ring is 1. The molecule has 0 bridgehead atoms. The van der Waals surface area contributed by atoms with Crippen LogP contribution in [0.3, 0.4) is 0 Å². The van der Waals surface area contributed by atoms with Crippen LogP contribution in [0, 0.1) is 0 Å². The third-order valence-electron chi connectivity index (χ3n) is 6.86. The molecule has 0 aliphatic carbocycles. The van der Waals surface area contributed by atoms with E-state index in [1.807, 2.05) is 12.1 Å². The van der Waals surface area contributed by atoms with Gasteiger partial charge in [0.1, 0.15) is 10.3 Å². The van der Waals surface area contributed by atoms with Crippen LogP contribution in [0.4, 0.5) is 11.6 Å². The number of hydrogen-bond acceptors (Lipinski definition) is 8. The Balaban J connectivity index is 1.37. The predicted molar refractivity (Wildman–Crippen MR) is 140 cm³/mol. The SMILES string of the molecule is CC[C@H]1CN(c2nc(N)c(C(=O)NC)nc2Cl)CCN1C1CCN(Cc2cc(Cl)nc(Cl)c2)CC1. The molecule has 2 aromatic rings. The Bertz CT molecular complexity index is 1040. The summed E-state index contributed by atoms with van der Waals surface area (Å²) in [4.78, 5) is 31.9. The van der Waals surface area contributed by atoms with E-state index in [0.717, 1.165) is 64.1 Å². The van der Waals surface area contributed by atoms with Gasteiger partial charge >= 0.3 is 0 Å². The molecule has 1 amide bonds. The number of amides is 1. The smallest absolute Gasteiger partial charge is 0.273 e. The lowest BCUT2D eigenvalue weighted by atomic mass is 9.98. The number of aromatic nitrogens is 3. The second kappa shape index (κ2) is 11.4. The van der Waals surface area contributed by atoms with Crippen molar-refractivity contribution in [2.45, 2.75) is 44.8 Å². The summed E-state index contributed by atoms with van der Waals surface area (Å²) in [7, 11) is 1.52. The summed E-state index contributed by atoms with van der Waals surface area (Å²) in [5, 5.41) is 3.57. The van der Waals surface area contributed by atoms with E-state index in [9.17, 15) is 4.79 Å². The van der Waals surface area contributed by atoms with Crippen molar-refractivity contribution in [2.75, 3.05) is 50.4 Å².